The second kappa shape index (κ2) is 4.56. The number of anilines is 1. The van der Waals surface area contributed by atoms with E-state index in [0.717, 1.165) is 0 Å². The predicted molar refractivity (Wildman–Crippen MR) is 56.9 cm³/mol. The maximum Gasteiger partial charge on any atom is 0.269 e. The molecule has 17 heavy (non-hydrogen) atoms. The van der Waals surface area contributed by atoms with Crippen LogP contribution in [0.2, 0.25) is 0 Å². The van der Waals surface area contributed by atoms with Gasteiger partial charge in [-0.2, -0.15) is 4.98 Å². The van der Waals surface area contributed by atoms with Crippen LogP contribution in [0.15, 0.2) is 16.7 Å². The highest BCUT2D eigenvalue weighted by Gasteiger charge is 2.05. The van der Waals surface area contributed by atoms with Gasteiger partial charge in [-0.05, 0) is 19.1 Å². The van der Waals surface area contributed by atoms with Crippen molar-refractivity contribution in [3.05, 3.63) is 29.5 Å². The van der Waals surface area contributed by atoms with E-state index in [9.17, 15) is 4.79 Å². The van der Waals surface area contributed by atoms with Crippen molar-refractivity contribution < 1.29 is 9.32 Å². The quantitative estimate of drug-likeness (QED) is 0.756. The molecule has 2 aromatic heterocycles. The molecule has 0 radical (unpaired) electrons. The van der Waals surface area contributed by atoms with Crippen molar-refractivity contribution in [3.8, 4) is 0 Å². The molecule has 0 spiro atoms. The Bertz CT molecular complexity index is 521. The molecule has 3 N–H and O–H groups in total. The molecule has 2 heterocycles. The van der Waals surface area contributed by atoms with Gasteiger partial charge in [0, 0.05) is 0 Å². The summed E-state index contributed by atoms with van der Waals surface area (Å²) in [7, 11) is 0. The second-order valence-electron chi connectivity index (χ2n) is 3.26. The summed E-state index contributed by atoms with van der Waals surface area (Å²) in [6.45, 7) is 2.07. The van der Waals surface area contributed by atoms with Crippen molar-refractivity contribution in [2.45, 2.75) is 13.5 Å². The first-order valence-electron chi connectivity index (χ1n) is 4.82. The highest BCUT2D eigenvalue weighted by Crippen LogP contribution is 2.04. The largest absolute Gasteiger partial charge is 0.364 e. The van der Waals surface area contributed by atoms with Gasteiger partial charge in [-0.3, -0.25) is 4.79 Å². The number of carbonyl (C=O) groups excluding carboxylic acids is 1. The van der Waals surface area contributed by atoms with E-state index < -0.39 is 5.91 Å². The zero-order valence-electron chi connectivity index (χ0n) is 9.04. The summed E-state index contributed by atoms with van der Waals surface area (Å²) >= 11 is 0. The van der Waals surface area contributed by atoms with E-state index >= 15 is 0 Å². The Hall–Kier alpha value is -2.51. The van der Waals surface area contributed by atoms with Crippen molar-refractivity contribution in [1.29, 1.82) is 0 Å². The van der Waals surface area contributed by atoms with Crippen LogP contribution in [0.3, 0.4) is 0 Å². The van der Waals surface area contributed by atoms with Gasteiger partial charge in [0.05, 0.1) is 6.54 Å². The van der Waals surface area contributed by atoms with E-state index in [0.29, 0.717) is 24.1 Å². The summed E-state index contributed by atoms with van der Waals surface area (Å²) in [6, 6.07) is 3.08. The lowest BCUT2D eigenvalue weighted by Gasteiger charge is -2.01. The summed E-state index contributed by atoms with van der Waals surface area (Å²) in [5, 5.41) is 14.0. The zero-order valence-corrected chi connectivity index (χ0v) is 9.04. The van der Waals surface area contributed by atoms with Gasteiger partial charge in [-0.25, -0.2) is 0 Å². The number of primary amides is 1. The SMILES string of the molecule is Cc1noc(CNc2ccc(C(N)=O)nn2)n1. The molecule has 0 fully saturated rings. The first kappa shape index (κ1) is 11.0. The number of carbonyl (C=O) groups is 1. The molecule has 2 rings (SSSR count). The van der Waals surface area contributed by atoms with E-state index in [1.807, 2.05) is 0 Å². The molecule has 8 nitrogen and oxygen atoms in total. The molecular weight excluding hydrogens is 224 g/mol. The molecule has 8 heteroatoms. The standard InChI is InChI=1S/C9H10N6O2/c1-5-12-8(17-15-5)4-11-7-3-2-6(9(10)16)13-14-7/h2-3H,4H2,1H3,(H2,10,16)(H,11,14). The van der Waals surface area contributed by atoms with Gasteiger partial charge in [0.15, 0.2) is 11.5 Å². The van der Waals surface area contributed by atoms with Crippen molar-refractivity contribution in [2.24, 2.45) is 5.73 Å². The van der Waals surface area contributed by atoms with Gasteiger partial charge in [0.2, 0.25) is 5.89 Å². The lowest BCUT2D eigenvalue weighted by Crippen LogP contribution is -2.14. The van der Waals surface area contributed by atoms with E-state index in [1.165, 1.54) is 6.07 Å². The molecule has 0 aliphatic heterocycles. The molecule has 0 saturated heterocycles. The highest BCUT2D eigenvalue weighted by atomic mass is 16.5. The number of hydrogen-bond donors (Lipinski definition) is 2. The predicted octanol–water partition coefficient (Wildman–Crippen LogP) is -0.121. The molecular formula is C9H10N6O2. The highest BCUT2D eigenvalue weighted by molar-refractivity contribution is 5.90. The fourth-order valence-electron chi connectivity index (χ4n) is 1.14. The summed E-state index contributed by atoms with van der Waals surface area (Å²) in [6.07, 6.45) is 0. The van der Waals surface area contributed by atoms with Gasteiger partial charge >= 0.3 is 0 Å². The van der Waals surface area contributed by atoms with Crippen LogP contribution in [0.4, 0.5) is 5.82 Å². The molecule has 0 saturated carbocycles. The number of nitrogens with zero attached hydrogens (tertiary/aromatic N) is 4. The third kappa shape index (κ3) is 2.74. The minimum absolute atomic E-state index is 0.115. The Morgan fingerprint density at radius 2 is 2.29 bits per heavy atom. The third-order valence-corrected chi connectivity index (χ3v) is 1.91. The number of nitrogens with two attached hydrogens (primary N) is 1. The number of rotatable bonds is 4. The monoisotopic (exact) mass is 234 g/mol. The fourth-order valence-corrected chi connectivity index (χ4v) is 1.14. The third-order valence-electron chi connectivity index (χ3n) is 1.91. The number of aromatic nitrogens is 4. The lowest BCUT2D eigenvalue weighted by atomic mass is 10.4. The topological polar surface area (TPSA) is 120 Å². The van der Waals surface area contributed by atoms with Crippen LogP contribution < -0.4 is 11.1 Å². The summed E-state index contributed by atoms with van der Waals surface area (Å²) in [5.74, 6) is 0.891. The lowest BCUT2D eigenvalue weighted by molar-refractivity contribution is 0.0994. The first-order valence-corrected chi connectivity index (χ1v) is 4.82. The maximum atomic E-state index is 10.8. The van der Waals surface area contributed by atoms with Crippen LogP contribution in [0.25, 0.3) is 0 Å². The fraction of sp³-hybridized carbons (Fsp3) is 0.222. The Balaban J connectivity index is 1.97. The van der Waals surface area contributed by atoms with Gasteiger partial charge in [-0.1, -0.05) is 5.16 Å². The summed E-state index contributed by atoms with van der Waals surface area (Å²) < 4.78 is 4.90. The van der Waals surface area contributed by atoms with E-state index in [-0.39, 0.29) is 5.69 Å². The van der Waals surface area contributed by atoms with Gasteiger partial charge in [0.1, 0.15) is 5.82 Å². The van der Waals surface area contributed by atoms with Gasteiger partial charge in [-0.15, -0.1) is 10.2 Å². The second-order valence-corrected chi connectivity index (χ2v) is 3.26. The van der Waals surface area contributed by atoms with Crippen LogP contribution in [-0.4, -0.2) is 26.2 Å². The molecule has 2 aromatic rings. The minimum atomic E-state index is -0.614. The van der Waals surface area contributed by atoms with Crippen molar-refractivity contribution >= 4 is 11.7 Å². The van der Waals surface area contributed by atoms with Crippen molar-refractivity contribution in [3.63, 3.8) is 0 Å². The maximum absolute atomic E-state index is 10.8. The molecule has 0 atom stereocenters. The molecule has 1 amide bonds. The zero-order chi connectivity index (χ0) is 12.3. The molecule has 0 aliphatic carbocycles. The molecule has 0 bridgehead atoms. The van der Waals surface area contributed by atoms with Crippen LogP contribution >= 0.6 is 0 Å². The Labute approximate surface area is 96.2 Å². The molecule has 0 unspecified atom stereocenters. The van der Waals surface area contributed by atoms with Crippen molar-refractivity contribution in [1.82, 2.24) is 20.3 Å². The molecule has 88 valence electrons. The van der Waals surface area contributed by atoms with Crippen LogP contribution in [0, 0.1) is 6.92 Å². The van der Waals surface area contributed by atoms with Crippen molar-refractivity contribution in [2.75, 3.05) is 5.32 Å². The Morgan fingerprint density at radius 3 is 2.82 bits per heavy atom. The molecule has 0 aliphatic rings. The number of hydrogen-bond acceptors (Lipinski definition) is 7. The summed E-state index contributed by atoms with van der Waals surface area (Å²) in [4.78, 5) is 14.8. The van der Waals surface area contributed by atoms with Gasteiger partial charge in [0.25, 0.3) is 5.91 Å². The normalized spacial score (nSPS) is 10.2. The average molecular weight is 234 g/mol. The average Bonchev–Trinajstić information content (AvgIpc) is 2.73. The Morgan fingerprint density at radius 1 is 1.47 bits per heavy atom. The Kier molecular flexibility index (Phi) is 2.95. The van der Waals surface area contributed by atoms with Crippen LogP contribution in [0.1, 0.15) is 22.2 Å². The smallest absolute Gasteiger partial charge is 0.269 e. The first-order chi connectivity index (χ1) is 8.15. The van der Waals surface area contributed by atoms with Crippen LogP contribution in [-0.2, 0) is 6.54 Å². The number of amides is 1. The number of aryl methyl sites for hydroxylation is 1. The van der Waals surface area contributed by atoms with E-state index in [1.54, 1.807) is 13.0 Å². The van der Waals surface area contributed by atoms with E-state index in [4.69, 9.17) is 10.3 Å². The van der Waals surface area contributed by atoms with Crippen LogP contribution in [0.5, 0.6) is 0 Å². The number of nitrogens with one attached hydrogen (secondary N) is 1. The minimum Gasteiger partial charge on any atom is -0.364 e. The summed E-state index contributed by atoms with van der Waals surface area (Å²) in [5.41, 5.74) is 5.15. The van der Waals surface area contributed by atoms with Gasteiger partial charge < -0.3 is 15.6 Å². The molecule has 0 aromatic carbocycles. The van der Waals surface area contributed by atoms with E-state index in [2.05, 4.69) is 25.7 Å².